The van der Waals surface area contributed by atoms with E-state index >= 15 is 0 Å². The Morgan fingerprint density at radius 2 is 2.11 bits per heavy atom. The van der Waals surface area contributed by atoms with Crippen LogP contribution in [0.2, 0.25) is 0 Å². The van der Waals surface area contributed by atoms with Crippen LogP contribution in [0.3, 0.4) is 0 Å². The molecule has 0 aliphatic carbocycles. The van der Waals surface area contributed by atoms with Crippen LogP contribution in [0.5, 0.6) is 0 Å². The van der Waals surface area contributed by atoms with E-state index in [4.69, 9.17) is 4.74 Å². The zero-order valence-electron chi connectivity index (χ0n) is 6.61. The molecular formula is C8H16O. The molecule has 54 valence electrons. The van der Waals surface area contributed by atoms with Gasteiger partial charge in [-0.1, -0.05) is 20.8 Å². The van der Waals surface area contributed by atoms with Crippen molar-refractivity contribution in [3.05, 3.63) is 0 Å². The van der Waals surface area contributed by atoms with Crippen LogP contribution < -0.4 is 0 Å². The van der Waals surface area contributed by atoms with Gasteiger partial charge in [-0.2, -0.15) is 0 Å². The average molecular weight is 128 g/mol. The van der Waals surface area contributed by atoms with Crippen LogP contribution in [0.1, 0.15) is 27.2 Å². The van der Waals surface area contributed by atoms with E-state index in [0.29, 0.717) is 5.41 Å². The molecule has 1 unspecified atom stereocenters. The van der Waals surface area contributed by atoms with Crippen molar-refractivity contribution in [3.63, 3.8) is 0 Å². The maximum absolute atomic E-state index is 5.36. The van der Waals surface area contributed by atoms with Crippen molar-refractivity contribution in [2.24, 2.45) is 11.3 Å². The van der Waals surface area contributed by atoms with Crippen LogP contribution in [0.25, 0.3) is 0 Å². The Hall–Kier alpha value is -0.0400. The van der Waals surface area contributed by atoms with Gasteiger partial charge in [0.05, 0.1) is 6.61 Å². The van der Waals surface area contributed by atoms with Gasteiger partial charge in [0.2, 0.25) is 0 Å². The molecule has 1 rings (SSSR count). The fourth-order valence-electron chi connectivity index (χ4n) is 1.13. The quantitative estimate of drug-likeness (QED) is 0.485. The Kier molecular flexibility index (Phi) is 1.80. The minimum Gasteiger partial charge on any atom is -0.381 e. The summed E-state index contributed by atoms with van der Waals surface area (Å²) in [4.78, 5) is 0. The summed E-state index contributed by atoms with van der Waals surface area (Å²) in [5.74, 6) is 0.825. The van der Waals surface area contributed by atoms with Gasteiger partial charge >= 0.3 is 0 Å². The van der Waals surface area contributed by atoms with Gasteiger partial charge in [-0.25, -0.2) is 0 Å². The summed E-state index contributed by atoms with van der Waals surface area (Å²) >= 11 is 0. The Morgan fingerprint density at radius 1 is 1.44 bits per heavy atom. The highest BCUT2D eigenvalue weighted by Gasteiger charge is 2.28. The lowest BCUT2D eigenvalue weighted by Gasteiger charge is -2.35. The fraction of sp³-hybridized carbons (Fsp3) is 1.00. The minimum atomic E-state index is 0.415. The highest BCUT2D eigenvalue weighted by molar-refractivity contribution is 4.77. The summed E-state index contributed by atoms with van der Waals surface area (Å²) < 4.78 is 5.36. The molecule has 1 aliphatic rings. The molecule has 0 aromatic carbocycles. The summed E-state index contributed by atoms with van der Waals surface area (Å²) in [6, 6.07) is 0. The van der Waals surface area contributed by atoms with Crippen molar-refractivity contribution in [2.45, 2.75) is 27.2 Å². The van der Waals surface area contributed by atoms with Crippen LogP contribution in [0.4, 0.5) is 0 Å². The summed E-state index contributed by atoms with van der Waals surface area (Å²) in [5.41, 5.74) is 0.415. The van der Waals surface area contributed by atoms with Crippen LogP contribution in [0, 0.1) is 11.3 Å². The van der Waals surface area contributed by atoms with Gasteiger partial charge in [0, 0.05) is 6.61 Å². The Balaban J connectivity index is 2.49. The van der Waals surface area contributed by atoms with Crippen molar-refractivity contribution < 1.29 is 4.74 Å². The lowest BCUT2D eigenvalue weighted by atomic mass is 9.78. The number of hydrogen-bond acceptors (Lipinski definition) is 1. The van der Waals surface area contributed by atoms with E-state index in [2.05, 4.69) is 20.8 Å². The molecule has 0 amide bonds. The average Bonchev–Trinajstić information content (AvgIpc) is 1.77. The molecule has 0 N–H and O–H groups in total. The molecule has 1 atom stereocenters. The number of hydrogen-bond donors (Lipinski definition) is 0. The zero-order valence-corrected chi connectivity index (χ0v) is 6.61. The fourth-order valence-corrected chi connectivity index (χ4v) is 1.13. The second kappa shape index (κ2) is 2.30. The molecule has 0 spiro atoms. The van der Waals surface area contributed by atoms with Crippen molar-refractivity contribution >= 4 is 0 Å². The summed E-state index contributed by atoms with van der Waals surface area (Å²) in [6.07, 6.45) is 1.23. The monoisotopic (exact) mass is 128 g/mol. The van der Waals surface area contributed by atoms with Gasteiger partial charge in [0.1, 0.15) is 0 Å². The van der Waals surface area contributed by atoms with Gasteiger partial charge in [-0.15, -0.1) is 0 Å². The first-order valence-electron chi connectivity index (χ1n) is 3.71. The Bertz CT molecular complexity index is 96.7. The van der Waals surface area contributed by atoms with Gasteiger partial charge < -0.3 is 4.74 Å². The summed E-state index contributed by atoms with van der Waals surface area (Å²) in [6.45, 7) is 8.76. The van der Waals surface area contributed by atoms with E-state index in [9.17, 15) is 0 Å². The van der Waals surface area contributed by atoms with E-state index < -0.39 is 0 Å². The number of rotatable bonds is 0. The molecule has 1 aliphatic heterocycles. The first kappa shape index (κ1) is 7.07. The molecule has 0 saturated carbocycles. The lowest BCUT2D eigenvalue weighted by Crippen LogP contribution is -2.33. The topological polar surface area (TPSA) is 9.23 Å². The predicted molar refractivity (Wildman–Crippen MR) is 38.4 cm³/mol. The van der Waals surface area contributed by atoms with E-state index in [-0.39, 0.29) is 0 Å². The molecule has 0 aromatic heterocycles. The highest BCUT2D eigenvalue weighted by atomic mass is 16.5. The molecule has 0 bridgehead atoms. The van der Waals surface area contributed by atoms with Crippen molar-refractivity contribution in [2.75, 3.05) is 13.2 Å². The molecule has 1 fully saturated rings. The number of ether oxygens (including phenoxy) is 1. The molecule has 1 heteroatoms. The van der Waals surface area contributed by atoms with Crippen molar-refractivity contribution in [1.82, 2.24) is 0 Å². The minimum absolute atomic E-state index is 0.415. The predicted octanol–water partition coefficient (Wildman–Crippen LogP) is 2.07. The maximum Gasteiger partial charge on any atom is 0.0519 e. The molecule has 0 aromatic rings. The zero-order chi connectivity index (χ0) is 6.91. The Labute approximate surface area is 57.4 Å². The molecule has 0 radical (unpaired) electrons. The van der Waals surface area contributed by atoms with Crippen molar-refractivity contribution in [3.8, 4) is 0 Å². The molecule has 9 heavy (non-hydrogen) atoms. The molecular weight excluding hydrogens is 112 g/mol. The van der Waals surface area contributed by atoms with E-state index in [1.165, 1.54) is 6.42 Å². The standard InChI is InChI=1S/C8H16O/c1-7-4-5-9-6-8(7,2)3/h7H,4-6H2,1-3H3. The maximum atomic E-state index is 5.36. The summed E-state index contributed by atoms with van der Waals surface area (Å²) in [5, 5.41) is 0. The normalized spacial score (nSPS) is 34.3. The van der Waals surface area contributed by atoms with Crippen LogP contribution in [-0.2, 0) is 4.74 Å². The third-order valence-electron chi connectivity index (χ3n) is 2.50. The first-order valence-corrected chi connectivity index (χ1v) is 3.71. The van der Waals surface area contributed by atoms with Gasteiger partial charge in [0.25, 0.3) is 0 Å². The van der Waals surface area contributed by atoms with Crippen LogP contribution in [-0.4, -0.2) is 13.2 Å². The Morgan fingerprint density at radius 3 is 2.44 bits per heavy atom. The van der Waals surface area contributed by atoms with Gasteiger partial charge in [0.15, 0.2) is 0 Å². The van der Waals surface area contributed by atoms with E-state index in [1.807, 2.05) is 0 Å². The highest BCUT2D eigenvalue weighted by Crippen LogP contribution is 2.32. The lowest BCUT2D eigenvalue weighted by molar-refractivity contribution is -0.0247. The van der Waals surface area contributed by atoms with Crippen LogP contribution in [0.15, 0.2) is 0 Å². The molecule has 1 saturated heterocycles. The molecule has 1 nitrogen and oxygen atoms in total. The smallest absolute Gasteiger partial charge is 0.0519 e. The summed E-state index contributed by atoms with van der Waals surface area (Å²) in [7, 11) is 0. The largest absolute Gasteiger partial charge is 0.381 e. The SMILES string of the molecule is CC1CCOCC1(C)C. The third kappa shape index (κ3) is 1.45. The van der Waals surface area contributed by atoms with Crippen LogP contribution >= 0.6 is 0 Å². The third-order valence-corrected chi connectivity index (χ3v) is 2.50. The van der Waals surface area contributed by atoms with Crippen molar-refractivity contribution in [1.29, 1.82) is 0 Å². The first-order chi connectivity index (χ1) is 4.13. The van der Waals surface area contributed by atoms with E-state index in [0.717, 1.165) is 19.1 Å². The van der Waals surface area contributed by atoms with Gasteiger partial charge in [-0.3, -0.25) is 0 Å². The second-order valence-corrected chi connectivity index (χ2v) is 3.73. The molecule has 1 heterocycles. The second-order valence-electron chi connectivity index (χ2n) is 3.73. The van der Waals surface area contributed by atoms with Gasteiger partial charge in [-0.05, 0) is 17.8 Å². The van der Waals surface area contributed by atoms with E-state index in [1.54, 1.807) is 0 Å².